The number of aryl methyl sites for hydroxylation is 1. The van der Waals surface area contributed by atoms with Gasteiger partial charge in [0.1, 0.15) is 5.01 Å². The Balaban J connectivity index is 1.41. The van der Waals surface area contributed by atoms with Crippen molar-refractivity contribution in [2.24, 2.45) is 0 Å². The number of anilines is 1. The minimum Gasteiger partial charge on any atom is -0.352 e. The molecule has 3 rings (SSSR count). The fourth-order valence-electron chi connectivity index (χ4n) is 2.59. The normalized spacial score (nSPS) is 14.1. The molecule has 2 heterocycles. The van der Waals surface area contributed by atoms with Gasteiger partial charge in [0, 0.05) is 36.5 Å². The van der Waals surface area contributed by atoms with Crippen LogP contribution in [0.1, 0.15) is 34.6 Å². The van der Waals surface area contributed by atoms with Gasteiger partial charge in [-0.2, -0.15) is 0 Å². The topological polar surface area (TPSA) is 75.2 Å². The second-order valence-electron chi connectivity index (χ2n) is 5.74. The molecule has 0 aliphatic carbocycles. The molecule has 0 bridgehead atoms. The van der Waals surface area contributed by atoms with Gasteiger partial charge in [-0.05, 0) is 44.0 Å². The lowest BCUT2D eigenvalue weighted by molar-refractivity contribution is -0.117. The van der Waals surface area contributed by atoms with Crippen LogP contribution in [-0.4, -0.2) is 40.9 Å². The van der Waals surface area contributed by atoms with Crippen LogP contribution < -0.4 is 10.2 Å². The summed E-state index contributed by atoms with van der Waals surface area (Å²) in [4.78, 5) is 25.7. The number of amides is 2. The fourth-order valence-corrected chi connectivity index (χ4v) is 4.41. The second kappa shape index (κ2) is 8.44. The van der Waals surface area contributed by atoms with Gasteiger partial charge in [-0.3, -0.25) is 9.59 Å². The monoisotopic (exact) mass is 376 g/mol. The molecular weight excluding hydrogens is 356 g/mol. The molecule has 1 aromatic carbocycles. The van der Waals surface area contributed by atoms with Crippen LogP contribution in [0, 0.1) is 6.92 Å². The third-order valence-electron chi connectivity index (χ3n) is 3.85. The highest BCUT2D eigenvalue weighted by molar-refractivity contribution is 8.01. The van der Waals surface area contributed by atoms with E-state index in [1.165, 1.54) is 0 Å². The van der Waals surface area contributed by atoms with Crippen molar-refractivity contribution >= 4 is 40.6 Å². The maximum atomic E-state index is 12.2. The highest BCUT2D eigenvalue weighted by atomic mass is 32.2. The molecule has 132 valence electrons. The zero-order valence-electron chi connectivity index (χ0n) is 14.0. The first kappa shape index (κ1) is 17.9. The molecule has 1 aliphatic heterocycles. The summed E-state index contributed by atoms with van der Waals surface area (Å²) in [6.07, 6.45) is 2.38. The number of hydrogen-bond donors (Lipinski definition) is 1. The summed E-state index contributed by atoms with van der Waals surface area (Å²) < 4.78 is 0.968. The number of nitrogens with zero attached hydrogens (tertiary/aromatic N) is 3. The summed E-state index contributed by atoms with van der Waals surface area (Å²) in [5, 5.41) is 11.9. The summed E-state index contributed by atoms with van der Waals surface area (Å²) in [5.74, 6) is 0.960. The molecule has 0 atom stereocenters. The Bertz CT molecular complexity index is 745. The van der Waals surface area contributed by atoms with E-state index in [2.05, 4.69) is 15.5 Å². The molecule has 2 amide bonds. The standard InChI is InChI=1S/C17H20N4O2S2/c1-12-19-20-17(25-12)24-11-3-9-18-16(23)13-5-7-14(8-6-13)21-10-2-4-15(21)22/h5-8H,2-4,9-11H2,1H3,(H,18,23). The molecule has 8 heteroatoms. The molecule has 1 fully saturated rings. The Morgan fingerprint density at radius 1 is 1.32 bits per heavy atom. The van der Waals surface area contributed by atoms with Crippen molar-refractivity contribution in [3.8, 4) is 0 Å². The van der Waals surface area contributed by atoms with Gasteiger partial charge in [-0.1, -0.05) is 23.1 Å². The number of aromatic nitrogens is 2. The number of carbonyl (C=O) groups is 2. The van der Waals surface area contributed by atoms with Crippen molar-refractivity contribution in [3.63, 3.8) is 0 Å². The van der Waals surface area contributed by atoms with Crippen LogP contribution in [-0.2, 0) is 4.79 Å². The van der Waals surface area contributed by atoms with E-state index in [1.807, 2.05) is 19.1 Å². The van der Waals surface area contributed by atoms with Crippen molar-refractivity contribution in [2.75, 3.05) is 23.7 Å². The average molecular weight is 377 g/mol. The lowest BCUT2D eigenvalue weighted by Gasteiger charge is -2.15. The van der Waals surface area contributed by atoms with E-state index in [-0.39, 0.29) is 11.8 Å². The summed E-state index contributed by atoms with van der Waals surface area (Å²) >= 11 is 3.25. The Hall–Kier alpha value is -1.93. The first-order valence-electron chi connectivity index (χ1n) is 8.25. The largest absolute Gasteiger partial charge is 0.352 e. The summed E-state index contributed by atoms with van der Waals surface area (Å²) in [6, 6.07) is 7.22. The summed E-state index contributed by atoms with van der Waals surface area (Å²) in [5.41, 5.74) is 1.48. The van der Waals surface area contributed by atoms with Crippen molar-refractivity contribution in [3.05, 3.63) is 34.8 Å². The lowest BCUT2D eigenvalue weighted by atomic mass is 10.2. The number of hydrogen-bond acceptors (Lipinski definition) is 6. The molecule has 1 aliphatic rings. The molecule has 25 heavy (non-hydrogen) atoms. The van der Waals surface area contributed by atoms with Gasteiger partial charge in [0.15, 0.2) is 4.34 Å². The Morgan fingerprint density at radius 2 is 2.12 bits per heavy atom. The number of rotatable bonds is 7. The van der Waals surface area contributed by atoms with Gasteiger partial charge in [-0.15, -0.1) is 10.2 Å². The van der Waals surface area contributed by atoms with E-state index in [0.717, 1.165) is 40.2 Å². The molecule has 1 N–H and O–H groups in total. The number of thioether (sulfide) groups is 1. The van der Waals surface area contributed by atoms with Gasteiger partial charge in [0.25, 0.3) is 5.91 Å². The van der Waals surface area contributed by atoms with E-state index in [1.54, 1.807) is 40.1 Å². The van der Waals surface area contributed by atoms with E-state index in [4.69, 9.17) is 0 Å². The van der Waals surface area contributed by atoms with Gasteiger partial charge in [0.2, 0.25) is 5.91 Å². The van der Waals surface area contributed by atoms with Gasteiger partial charge in [0.05, 0.1) is 0 Å². The van der Waals surface area contributed by atoms with Crippen molar-refractivity contribution in [1.82, 2.24) is 15.5 Å². The van der Waals surface area contributed by atoms with Crippen LogP contribution >= 0.6 is 23.1 Å². The minimum absolute atomic E-state index is 0.0870. The second-order valence-corrected chi connectivity index (χ2v) is 8.26. The molecule has 0 radical (unpaired) electrons. The average Bonchev–Trinajstić information content (AvgIpc) is 3.23. The van der Waals surface area contributed by atoms with E-state index in [0.29, 0.717) is 18.5 Å². The summed E-state index contributed by atoms with van der Waals surface area (Å²) in [6.45, 7) is 3.32. The molecule has 1 aromatic heterocycles. The third-order valence-corrected chi connectivity index (χ3v) is 5.91. The minimum atomic E-state index is -0.0870. The van der Waals surface area contributed by atoms with Gasteiger partial charge in [-0.25, -0.2) is 0 Å². The zero-order valence-corrected chi connectivity index (χ0v) is 15.7. The van der Waals surface area contributed by atoms with Crippen LogP contribution in [0.5, 0.6) is 0 Å². The van der Waals surface area contributed by atoms with Gasteiger partial charge >= 0.3 is 0 Å². The highest BCUT2D eigenvalue weighted by Gasteiger charge is 2.21. The summed E-state index contributed by atoms with van der Waals surface area (Å²) in [7, 11) is 0. The molecule has 0 saturated carbocycles. The van der Waals surface area contributed by atoms with E-state index in [9.17, 15) is 9.59 Å². The number of carbonyl (C=O) groups excluding carboxylic acids is 2. The zero-order chi connectivity index (χ0) is 17.6. The Kier molecular flexibility index (Phi) is 6.04. The van der Waals surface area contributed by atoms with Crippen LogP contribution in [0.15, 0.2) is 28.6 Å². The fraction of sp³-hybridized carbons (Fsp3) is 0.412. The predicted octanol–water partition coefficient (Wildman–Crippen LogP) is 2.89. The van der Waals surface area contributed by atoms with Crippen LogP contribution in [0.25, 0.3) is 0 Å². The van der Waals surface area contributed by atoms with Crippen LogP contribution in [0.2, 0.25) is 0 Å². The van der Waals surface area contributed by atoms with Gasteiger partial charge < -0.3 is 10.2 Å². The van der Waals surface area contributed by atoms with Crippen LogP contribution in [0.3, 0.4) is 0 Å². The molecular formula is C17H20N4O2S2. The quantitative estimate of drug-likeness (QED) is 0.594. The SMILES string of the molecule is Cc1nnc(SCCCNC(=O)c2ccc(N3CCCC3=O)cc2)s1. The first-order valence-corrected chi connectivity index (χ1v) is 10.1. The van der Waals surface area contributed by atoms with Crippen molar-refractivity contribution < 1.29 is 9.59 Å². The number of benzene rings is 1. The maximum absolute atomic E-state index is 12.2. The van der Waals surface area contributed by atoms with E-state index < -0.39 is 0 Å². The molecule has 1 saturated heterocycles. The smallest absolute Gasteiger partial charge is 0.251 e. The molecule has 0 unspecified atom stereocenters. The molecule has 6 nitrogen and oxygen atoms in total. The van der Waals surface area contributed by atoms with Crippen molar-refractivity contribution in [2.45, 2.75) is 30.5 Å². The maximum Gasteiger partial charge on any atom is 0.251 e. The lowest BCUT2D eigenvalue weighted by Crippen LogP contribution is -2.25. The highest BCUT2D eigenvalue weighted by Crippen LogP contribution is 2.22. The third kappa shape index (κ3) is 4.79. The Labute approximate surface area is 155 Å². The van der Waals surface area contributed by atoms with Crippen LogP contribution in [0.4, 0.5) is 5.69 Å². The number of nitrogens with one attached hydrogen (secondary N) is 1. The first-order chi connectivity index (χ1) is 12.1. The molecule has 0 spiro atoms. The van der Waals surface area contributed by atoms with E-state index >= 15 is 0 Å². The Morgan fingerprint density at radius 3 is 2.76 bits per heavy atom. The van der Waals surface area contributed by atoms with Crippen molar-refractivity contribution in [1.29, 1.82) is 0 Å². The predicted molar refractivity (Wildman–Crippen MR) is 100 cm³/mol. The molecule has 2 aromatic rings.